The Morgan fingerprint density at radius 1 is 1.26 bits per heavy atom. The van der Waals surface area contributed by atoms with Crippen LogP contribution in [0.15, 0.2) is 30.3 Å². The lowest BCUT2D eigenvalue weighted by Gasteiger charge is -2.34. The zero-order chi connectivity index (χ0) is 13.5. The summed E-state index contributed by atoms with van der Waals surface area (Å²) < 4.78 is 11.5. The number of nitrogens with zero attached hydrogens (tertiary/aromatic N) is 1. The SMILES string of the molecule is CC1(CO)CC2(OCCO2)C(=S)N1c1ccccc1. The van der Waals surface area contributed by atoms with Crippen molar-refractivity contribution in [2.24, 2.45) is 0 Å². The second-order valence-electron chi connectivity index (χ2n) is 5.26. The molecule has 2 heterocycles. The molecule has 0 amide bonds. The van der Waals surface area contributed by atoms with Gasteiger partial charge >= 0.3 is 0 Å². The van der Waals surface area contributed by atoms with E-state index in [4.69, 9.17) is 21.7 Å². The van der Waals surface area contributed by atoms with Crippen molar-refractivity contribution >= 4 is 22.9 Å². The second kappa shape index (κ2) is 4.52. The highest BCUT2D eigenvalue weighted by Gasteiger charge is 2.58. The fourth-order valence-electron chi connectivity index (χ4n) is 2.88. The van der Waals surface area contributed by atoms with Gasteiger partial charge in [-0.3, -0.25) is 0 Å². The monoisotopic (exact) mass is 279 g/mol. The molecule has 102 valence electrons. The van der Waals surface area contributed by atoms with Crippen molar-refractivity contribution in [3.05, 3.63) is 30.3 Å². The summed E-state index contributed by atoms with van der Waals surface area (Å²) in [5.41, 5.74) is 0.461. The van der Waals surface area contributed by atoms with Gasteiger partial charge in [0.05, 0.1) is 25.4 Å². The number of thiocarbonyl (C=S) groups is 1. The largest absolute Gasteiger partial charge is 0.394 e. The van der Waals surface area contributed by atoms with Crippen LogP contribution in [0.1, 0.15) is 13.3 Å². The van der Waals surface area contributed by atoms with Crippen LogP contribution < -0.4 is 4.90 Å². The summed E-state index contributed by atoms with van der Waals surface area (Å²) in [4.78, 5) is 2.57. The Balaban J connectivity index is 2.04. The lowest BCUT2D eigenvalue weighted by Crippen LogP contribution is -2.46. The molecule has 1 N–H and O–H groups in total. The van der Waals surface area contributed by atoms with Crippen molar-refractivity contribution in [2.45, 2.75) is 24.7 Å². The molecule has 1 atom stereocenters. The number of benzene rings is 1. The number of aliphatic hydroxyl groups is 1. The fourth-order valence-corrected chi connectivity index (χ4v) is 3.40. The first-order chi connectivity index (χ1) is 9.11. The highest BCUT2D eigenvalue weighted by Crippen LogP contribution is 2.45. The number of hydrogen-bond acceptors (Lipinski definition) is 4. The van der Waals surface area contributed by atoms with Crippen LogP contribution in [0.2, 0.25) is 0 Å². The predicted molar refractivity (Wildman–Crippen MR) is 76.3 cm³/mol. The van der Waals surface area contributed by atoms with Gasteiger partial charge in [0, 0.05) is 12.1 Å². The third-order valence-electron chi connectivity index (χ3n) is 3.79. The van der Waals surface area contributed by atoms with Crippen LogP contribution in [0.3, 0.4) is 0 Å². The van der Waals surface area contributed by atoms with Crippen LogP contribution in [0, 0.1) is 0 Å². The first-order valence-corrected chi connectivity index (χ1v) is 6.81. The van der Waals surface area contributed by atoms with Crippen molar-refractivity contribution in [3.63, 3.8) is 0 Å². The molecule has 3 rings (SSSR count). The highest BCUT2D eigenvalue weighted by atomic mass is 32.1. The Bertz CT molecular complexity index is 487. The molecule has 5 heteroatoms. The molecule has 0 bridgehead atoms. The predicted octanol–water partition coefficient (Wildman–Crippen LogP) is 1.72. The number of para-hydroxylation sites is 1. The number of rotatable bonds is 2. The van der Waals surface area contributed by atoms with Crippen molar-refractivity contribution in [1.82, 2.24) is 0 Å². The zero-order valence-corrected chi connectivity index (χ0v) is 11.7. The number of hydrogen-bond donors (Lipinski definition) is 1. The van der Waals surface area contributed by atoms with E-state index >= 15 is 0 Å². The second-order valence-corrected chi connectivity index (χ2v) is 5.64. The van der Waals surface area contributed by atoms with Gasteiger partial charge in [-0.05, 0) is 19.1 Å². The van der Waals surface area contributed by atoms with E-state index < -0.39 is 11.3 Å². The molecule has 2 aliphatic rings. The summed E-state index contributed by atoms with van der Waals surface area (Å²) in [6.45, 7) is 3.07. The maximum Gasteiger partial charge on any atom is 0.223 e. The van der Waals surface area contributed by atoms with Gasteiger partial charge in [-0.25, -0.2) is 0 Å². The van der Waals surface area contributed by atoms with Gasteiger partial charge in [-0.2, -0.15) is 0 Å². The van der Waals surface area contributed by atoms with Crippen molar-refractivity contribution in [1.29, 1.82) is 0 Å². The molecule has 1 unspecified atom stereocenters. The average Bonchev–Trinajstić information content (AvgIpc) is 2.97. The Morgan fingerprint density at radius 2 is 1.89 bits per heavy atom. The summed E-state index contributed by atoms with van der Waals surface area (Å²) in [5, 5.41) is 9.81. The van der Waals surface area contributed by atoms with E-state index in [1.165, 1.54) is 0 Å². The lowest BCUT2D eigenvalue weighted by molar-refractivity contribution is -0.102. The maximum absolute atomic E-state index is 9.81. The minimum Gasteiger partial charge on any atom is -0.394 e. The summed E-state index contributed by atoms with van der Waals surface area (Å²) in [5.74, 6) is -0.845. The average molecular weight is 279 g/mol. The van der Waals surface area contributed by atoms with E-state index in [0.29, 0.717) is 24.6 Å². The van der Waals surface area contributed by atoms with Crippen LogP contribution in [0.4, 0.5) is 5.69 Å². The lowest BCUT2D eigenvalue weighted by atomic mass is 9.97. The van der Waals surface area contributed by atoms with E-state index in [1.807, 2.05) is 42.2 Å². The molecular weight excluding hydrogens is 262 g/mol. The van der Waals surface area contributed by atoms with Gasteiger partial charge in [0.2, 0.25) is 5.79 Å². The highest BCUT2D eigenvalue weighted by molar-refractivity contribution is 7.80. The molecule has 0 aliphatic carbocycles. The topological polar surface area (TPSA) is 41.9 Å². The Morgan fingerprint density at radius 3 is 2.47 bits per heavy atom. The third kappa shape index (κ3) is 1.89. The molecule has 0 radical (unpaired) electrons. The van der Waals surface area contributed by atoms with E-state index in [9.17, 15) is 5.11 Å². The van der Waals surface area contributed by atoms with E-state index in [1.54, 1.807) is 0 Å². The maximum atomic E-state index is 9.81. The van der Waals surface area contributed by atoms with Crippen LogP contribution in [-0.4, -0.2) is 41.2 Å². The normalized spacial score (nSPS) is 29.4. The fraction of sp³-hybridized carbons (Fsp3) is 0.500. The summed E-state index contributed by atoms with van der Waals surface area (Å²) in [7, 11) is 0. The molecule has 2 saturated heterocycles. The first-order valence-electron chi connectivity index (χ1n) is 6.40. The van der Waals surface area contributed by atoms with Crippen LogP contribution in [0.25, 0.3) is 0 Å². The van der Waals surface area contributed by atoms with Gasteiger partial charge in [0.25, 0.3) is 0 Å². The van der Waals surface area contributed by atoms with Gasteiger partial charge in [0.15, 0.2) is 0 Å². The molecule has 0 saturated carbocycles. The standard InChI is InChI=1S/C14H17NO3S/c1-13(10-16)9-14(17-7-8-18-14)12(19)15(13)11-5-3-2-4-6-11/h2-6,16H,7-10H2,1H3. The smallest absolute Gasteiger partial charge is 0.223 e. The van der Waals surface area contributed by atoms with E-state index in [0.717, 1.165) is 5.69 Å². The van der Waals surface area contributed by atoms with Crippen LogP contribution >= 0.6 is 12.2 Å². The Labute approximate surface area is 117 Å². The molecule has 2 fully saturated rings. The third-order valence-corrected chi connectivity index (χ3v) is 4.28. The molecule has 1 aromatic carbocycles. The molecule has 1 aromatic rings. The number of anilines is 1. The Hall–Kier alpha value is -1.01. The zero-order valence-electron chi connectivity index (χ0n) is 10.8. The molecule has 19 heavy (non-hydrogen) atoms. The van der Waals surface area contributed by atoms with Gasteiger partial charge < -0.3 is 19.5 Å². The van der Waals surface area contributed by atoms with E-state index in [-0.39, 0.29) is 6.61 Å². The first kappa shape index (κ1) is 13.0. The van der Waals surface area contributed by atoms with Crippen LogP contribution in [0.5, 0.6) is 0 Å². The van der Waals surface area contributed by atoms with Gasteiger partial charge in [0.1, 0.15) is 4.99 Å². The Kier molecular flexibility index (Phi) is 3.09. The van der Waals surface area contributed by atoms with Crippen molar-refractivity contribution in [3.8, 4) is 0 Å². The quantitative estimate of drug-likeness (QED) is 0.835. The van der Waals surface area contributed by atoms with Gasteiger partial charge in [-0.15, -0.1) is 0 Å². The minimum atomic E-state index is -0.845. The minimum absolute atomic E-state index is 0.00347. The molecule has 4 nitrogen and oxygen atoms in total. The number of aliphatic hydroxyl groups excluding tert-OH is 1. The van der Waals surface area contributed by atoms with Crippen LogP contribution in [-0.2, 0) is 9.47 Å². The molecule has 0 aromatic heterocycles. The van der Waals surface area contributed by atoms with E-state index in [2.05, 4.69) is 0 Å². The summed E-state index contributed by atoms with van der Waals surface area (Å²) in [6.07, 6.45) is 0.546. The van der Waals surface area contributed by atoms with Crippen molar-refractivity contribution in [2.75, 3.05) is 24.7 Å². The summed E-state index contributed by atoms with van der Waals surface area (Å²) >= 11 is 5.57. The molecule has 2 aliphatic heterocycles. The number of ether oxygens (including phenoxy) is 2. The molecular formula is C14H17NO3S. The summed E-state index contributed by atoms with van der Waals surface area (Å²) in [6, 6.07) is 9.83. The van der Waals surface area contributed by atoms with Crippen molar-refractivity contribution < 1.29 is 14.6 Å². The van der Waals surface area contributed by atoms with Gasteiger partial charge in [-0.1, -0.05) is 30.4 Å². The molecule has 1 spiro atoms.